The Bertz CT molecular complexity index is 483. The number of benzene rings is 1. The first-order valence-electron chi connectivity index (χ1n) is 6.98. The standard InChI is InChI=1S/C15H21BrN2O2/c1-10(19)13-3-2-12(9-14(13)16)18-6-4-11(5-7-18)8-15(17)20/h2-3,9-11,19H,4-8H2,1H3,(H2,17,20). The molecule has 1 unspecified atom stereocenters. The van der Waals surface area contributed by atoms with Crippen molar-refractivity contribution in [3.05, 3.63) is 28.2 Å². The molecule has 1 amide bonds. The van der Waals surface area contributed by atoms with E-state index in [4.69, 9.17) is 5.73 Å². The minimum atomic E-state index is -0.472. The summed E-state index contributed by atoms with van der Waals surface area (Å²) < 4.78 is 0.934. The molecule has 3 N–H and O–H groups in total. The van der Waals surface area contributed by atoms with Crippen molar-refractivity contribution in [2.75, 3.05) is 18.0 Å². The Hall–Kier alpha value is -1.07. The molecule has 110 valence electrons. The van der Waals surface area contributed by atoms with Crippen LogP contribution in [0.5, 0.6) is 0 Å². The summed E-state index contributed by atoms with van der Waals surface area (Å²) in [5.41, 5.74) is 7.30. The lowest BCUT2D eigenvalue weighted by Crippen LogP contribution is -2.35. The van der Waals surface area contributed by atoms with Gasteiger partial charge in [-0.2, -0.15) is 0 Å². The van der Waals surface area contributed by atoms with Crippen LogP contribution < -0.4 is 10.6 Å². The quantitative estimate of drug-likeness (QED) is 0.885. The molecule has 1 saturated heterocycles. The van der Waals surface area contributed by atoms with Gasteiger partial charge in [-0.05, 0) is 43.4 Å². The van der Waals surface area contributed by atoms with Crippen LogP contribution in [0.2, 0.25) is 0 Å². The second kappa shape index (κ2) is 6.59. The predicted octanol–water partition coefficient (Wildman–Crippen LogP) is 2.59. The maximum Gasteiger partial charge on any atom is 0.217 e. The van der Waals surface area contributed by atoms with Crippen LogP contribution in [0.3, 0.4) is 0 Å². The number of hydrogen-bond donors (Lipinski definition) is 2. The molecule has 2 rings (SSSR count). The fourth-order valence-electron chi connectivity index (χ4n) is 2.73. The first kappa shape index (κ1) is 15.3. The van der Waals surface area contributed by atoms with E-state index in [1.54, 1.807) is 6.92 Å². The van der Waals surface area contributed by atoms with Gasteiger partial charge in [0, 0.05) is 29.7 Å². The lowest BCUT2D eigenvalue weighted by molar-refractivity contribution is -0.119. The number of anilines is 1. The molecule has 1 aliphatic rings. The highest BCUT2D eigenvalue weighted by Crippen LogP contribution is 2.31. The summed E-state index contributed by atoms with van der Waals surface area (Å²) in [4.78, 5) is 13.3. The first-order chi connectivity index (χ1) is 9.47. The van der Waals surface area contributed by atoms with E-state index in [1.165, 1.54) is 0 Å². The van der Waals surface area contributed by atoms with Gasteiger partial charge in [-0.15, -0.1) is 0 Å². The fraction of sp³-hybridized carbons (Fsp3) is 0.533. The third-order valence-corrected chi connectivity index (χ3v) is 4.59. The van der Waals surface area contributed by atoms with Crippen molar-refractivity contribution in [1.29, 1.82) is 0 Å². The Kier molecular flexibility index (Phi) is 5.05. The van der Waals surface area contributed by atoms with Gasteiger partial charge in [0.1, 0.15) is 0 Å². The van der Waals surface area contributed by atoms with Crippen LogP contribution in [0.1, 0.15) is 37.9 Å². The van der Waals surface area contributed by atoms with Crippen molar-refractivity contribution in [3.63, 3.8) is 0 Å². The van der Waals surface area contributed by atoms with Crippen molar-refractivity contribution < 1.29 is 9.90 Å². The van der Waals surface area contributed by atoms with Gasteiger partial charge in [0.05, 0.1) is 6.10 Å². The molecule has 5 heteroatoms. The molecule has 1 fully saturated rings. The molecule has 1 atom stereocenters. The number of rotatable bonds is 4. The zero-order valence-electron chi connectivity index (χ0n) is 11.7. The third-order valence-electron chi connectivity index (χ3n) is 3.90. The summed E-state index contributed by atoms with van der Waals surface area (Å²) in [6, 6.07) is 6.05. The maximum absolute atomic E-state index is 10.9. The van der Waals surface area contributed by atoms with Crippen molar-refractivity contribution >= 4 is 27.5 Å². The molecule has 0 spiro atoms. The van der Waals surface area contributed by atoms with E-state index in [2.05, 4.69) is 26.9 Å². The zero-order chi connectivity index (χ0) is 14.7. The molecular formula is C15H21BrN2O2. The Morgan fingerprint density at radius 3 is 2.65 bits per heavy atom. The molecule has 0 aromatic heterocycles. The van der Waals surface area contributed by atoms with E-state index in [1.807, 2.05) is 12.1 Å². The number of nitrogens with two attached hydrogens (primary N) is 1. The molecule has 4 nitrogen and oxygen atoms in total. The summed E-state index contributed by atoms with van der Waals surface area (Å²) in [7, 11) is 0. The van der Waals surface area contributed by atoms with Gasteiger partial charge in [0.25, 0.3) is 0 Å². The molecule has 1 aromatic rings. The van der Waals surface area contributed by atoms with Gasteiger partial charge < -0.3 is 15.7 Å². The average molecular weight is 341 g/mol. The Balaban J connectivity index is 2.00. The third kappa shape index (κ3) is 3.73. The second-order valence-electron chi connectivity index (χ2n) is 5.48. The number of aliphatic hydroxyl groups is 1. The summed E-state index contributed by atoms with van der Waals surface area (Å²) in [6.07, 6.45) is 2.02. The largest absolute Gasteiger partial charge is 0.389 e. The fourth-order valence-corrected chi connectivity index (χ4v) is 3.43. The Labute approximate surface area is 128 Å². The summed E-state index contributed by atoms with van der Waals surface area (Å²) in [5, 5.41) is 9.64. The highest BCUT2D eigenvalue weighted by Gasteiger charge is 2.21. The Morgan fingerprint density at radius 1 is 1.50 bits per heavy atom. The molecular weight excluding hydrogens is 320 g/mol. The average Bonchev–Trinajstić information content (AvgIpc) is 2.38. The zero-order valence-corrected chi connectivity index (χ0v) is 13.3. The van der Waals surface area contributed by atoms with E-state index in [0.29, 0.717) is 12.3 Å². The van der Waals surface area contributed by atoms with Gasteiger partial charge in [-0.3, -0.25) is 4.79 Å². The maximum atomic E-state index is 10.9. The smallest absolute Gasteiger partial charge is 0.217 e. The summed E-state index contributed by atoms with van der Waals surface area (Å²) >= 11 is 3.51. The molecule has 0 bridgehead atoms. The van der Waals surface area contributed by atoms with Crippen LogP contribution in [0.15, 0.2) is 22.7 Å². The molecule has 0 aliphatic carbocycles. The van der Waals surface area contributed by atoms with Crippen LogP contribution in [0.25, 0.3) is 0 Å². The number of aliphatic hydroxyl groups excluding tert-OH is 1. The van der Waals surface area contributed by atoms with Crippen molar-refractivity contribution in [2.24, 2.45) is 11.7 Å². The van der Waals surface area contributed by atoms with E-state index < -0.39 is 6.10 Å². The van der Waals surface area contributed by atoms with Crippen molar-refractivity contribution in [2.45, 2.75) is 32.3 Å². The summed E-state index contributed by atoms with van der Waals surface area (Å²) in [5.74, 6) is 0.219. The monoisotopic (exact) mass is 340 g/mol. The van der Waals surface area contributed by atoms with E-state index in [0.717, 1.165) is 41.7 Å². The molecule has 0 saturated carbocycles. The molecule has 1 aliphatic heterocycles. The van der Waals surface area contributed by atoms with Gasteiger partial charge in [0.15, 0.2) is 0 Å². The number of amides is 1. The second-order valence-corrected chi connectivity index (χ2v) is 6.34. The number of carbonyl (C=O) groups is 1. The first-order valence-corrected chi connectivity index (χ1v) is 7.77. The molecule has 20 heavy (non-hydrogen) atoms. The number of hydrogen-bond acceptors (Lipinski definition) is 3. The van der Waals surface area contributed by atoms with Crippen LogP contribution in [0.4, 0.5) is 5.69 Å². The number of carbonyl (C=O) groups excluding carboxylic acids is 1. The lowest BCUT2D eigenvalue weighted by atomic mass is 9.93. The molecule has 1 aromatic carbocycles. The molecule has 1 heterocycles. The SMILES string of the molecule is CC(O)c1ccc(N2CCC(CC(N)=O)CC2)cc1Br. The van der Waals surface area contributed by atoms with Crippen LogP contribution >= 0.6 is 15.9 Å². The summed E-state index contributed by atoms with van der Waals surface area (Å²) in [6.45, 7) is 3.64. The van der Waals surface area contributed by atoms with Gasteiger partial charge in [-0.25, -0.2) is 0 Å². The van der Waals surface area contributed by atoms with Gasteiger partial charge in [-0.1, -0.05) is 22.0 Å². The normalized spacial score (nSPS) is 18.1. The number of halogens is 1. The number of primary amides is 1. The van der Waals surface area contributed by atoms with Gasteiger partial charge in [0.2, 0.25) is 5.91 Å². The van der Waals surface area contributed by atoms with Gasteiger partial charge >= 0.3 is 0 Å². The van der Waals surface area contributed by atoms with Crippen molar-refractivity contribution in [3.8, 4) is 0 Å². The predicted molar refractivity (Wildman–Crippen MR) is 83.5 cm³/mol. The highest BCUT2D eigenvalue weighted by atomic mass is 79.9. The highest BCUT2D eigenvalue weighted by molar-refractivity contribution is 9.10. The lowest BCUT2D eigenvalue weighted by Gasteiger charge is -2.33. The molecule has 0 radical (unpaired) electrons. The topological polar surface area (TPSA) is 66.6 Å². The number of piperidine rings is 1. The van der Waals surface area contributed by atoms with Crippen LogP contribution in [-0.4, -0.2) is 24.1 Å². The Morgan fingerprint density at radius 2 is 2.15 bits per heavy atom. The van der Waals surface area contributed by atoms with E-state index in [9.17, 15) is 9.90 Å². The van der Waals surface area contributed by atoms with Crippen LogP contribution in [0, 0.1) is 5.92 Å². The minimum absolute atomic E-state index is 0.201. The van der Waals surface area contributed by atoms with Crippen LogP contribution in [-0.2, 0) is 4.79 Å². The number of nitrogens with zero attached hydrogens (tertiary/aromatic N) is 1. The minimum Gasteiger partial charge on any atom is -0.389 e. The van der Waals surface area contributed by atoms with Crippen molar-refractivity contribution in [1.82, 2.24) is 0 Å². The van der Waals surface area contributed by atoms with E-state index >= 15 is 0 Å². The van der Waals surface area contributed by atoms with E-state index in [-0.39, 0.29) is 5.91 Å².